The first kappa shape index (κ1) is 16.8. The molecule has 0 saturated carbocycles. The maximum atomic E-state index is 4.31. The van der Waals surface area contributed by atoms with Crippen LogP contribution in [-0.2, 0) is 13.0 Å². The van der Waals surface area contributed by atoms with Crippen molar-refractivity contribution < 1.29 is 0 Å². The van der Waals surface area contributed by atoms with Crippen LogP contribution in [0.4, 0.5) is 5.69 Å². The van der Waals surface area contributed by atoms with Crippen LogP contribution in [0.3, 0.4) is 0 Å². The normalized spacial score (nSPS) is 11.2. The highest BCUT2D eigenvalue weighted by Gasteiger charge is 2.00. The number of benzene rings is 1. The van der Waals surface area contributed by atoms with E-state index < -0.39 is 0 Å². The van der Waals surface area contributed by atoms with Crippen LogP contribution in [0.25, 0.3) is 0 Å². The van der Waals surface area contributed by atoms with Crippen molar-refractivity contribution in [1.29, 1.82) is 0 Å². The van der Waals surface area contributed by atoms with Crippen LogP contribution in [0.1, 0.15) is 11.3 Å². The number of aromatic nitrogens is 1. The zero-order valence-electron chi connectivity index (χ0n) is 14.1. The first-order chi connectivity index (χ1) is 11.2. The molecule has 122 valence electrons. The van der Waals surface area contributed by atoms with E-state index in [2.05, 4.69) is 49.8 Å². The van der Waals surface area contributed by atoms with E-state index in [0.29, 0.717) is 0 Å². The van der Waals surface area contributed by atoms with E-state index in [-0.39, 0.29) is 0 Å². The van der Waals surface area contributed by atoms with Crippen LogP contribution in [0.15, 0.2) is 53.7 Å². The van der Waals surface area contributed by atoms with Crippen LogP contribution in [0.5, 0.6) is 0 Å². The second-order valence-corrected chi connectivity index (χ2v) is 5.48. The van der Waals surface area contributed by atoms with Gasteiger partial charge in [0, 0.05) is 58.2 Å². The number of hydrogen-bond acceptors (Lipinski definition) is 3. The van der Waals surface area contributed by atoms with Crippen molar-refractivity contribution in [2.75, 3.05) is 32.6 Å². The molecular weight excluding hydrogens is 286 g/mol. The largest absolute Gasteiger partial charge is 0.378 e. The van der Waals surface area contributed by atoms with Crippen molar-refractivity contribution >= 4 is 11.6 Å². The first-order valence-electron chi connectivity index (χ1n) is 7.79. The molecule has 0 aliphatic rings. The van der Waals surface area contributed by atoms with Crippen LogP contribution < -0.4 is 15.5 Å². The molecule has 1 aromatic heterocycles. The number of rotatable bonds is 6. The summed E-state index contributed by atoms with van der Waals surface area (Å²) in [7, 11) is 5.87. The summed E-state index contributed by atoms with van der Waals surface area (Å²) in [5.41, 5.74) is 3.50. The zero-order chi connectivity index (χ0) is 16.5. The summed E-state index contributed by atoms with van der Waals surface area (Å²) in [4.78, 5) is 10.7. The van der Waals surface area contributed by atoms with E-state index in [0.717, 1.165) is 31.2 Å². The topological polar surface area (TPSA) is 52.6 Å². The number of hydrogen-bond donors (Lipinski definition) is 2. The van der Waals surface area contributed by atoms with Gasteiger partial charge in [0.05, 0.1) is 0 Å². The molecule has 0 saturated heterocycles. The number of aliphatic imine (C=N–C) groups is 1. The SMILES string of the molecule is CN=C(NCCc1ccccn1)NCc1ccc(N(C)C)cc1. The quantitative estimate of drug-likeness (QED) is 0.633. The summed E-state index contributed by atoms with van der Waals surface area (Å²) in [6, 6.07) is 14.5. The third-order valence-electron chi connectivity index (χ3n) is 3.54. The first-order valence-corrected chi connectivity index (χ1v) is 7.79. The Kier molecular flexibility index (Phi) is 6.41. The molecule has 5 heteroatoms. The fourth-order valence-electron chi connectivity index (χ4n) is 2.17. The smallest absolute Gasteiger partial charge is 0.191 e. The standard InChI is InChI=1S/C18H25N5/c1-19-18(21-13-11-16-6-4-5-12-20-16)22-14-15-7-9-17(10-8-15)23(2)3/h4-10,12H,11,13-14H2,1-3H3,(H2,19,21,22). The Morgan fingerprint density at radius 1 is 1.09 bits per heavy atom. The minimum Gasteiger partial charge on any atom is -0.378 e. The van der Waals surface area contributed by atoms with Crippen LogP contribution >= 0.6 is 0 Å². The van der Waals surface area contributed by atoms with Gasteiger partial charge in [0.1, 0.15) is 0 Å². The lowest BCUT2D eigenvalue weighted by molar-refractivity contribution is 0.784. The van der Waals surface area contributed by atoms with E-state index >= 15 is 0 Å². The minimum atomic E-state index is 0.747. The summed E-state index contributed by atoms with van der Waals surface area (Å²) in [6.45, 7) is 1.55. The monoisotopic (exact) mass is 311 g/mol. The highest BCUT2D eigenvalue weighted by molar-refractivity contribution is 5.79. The number of guanidine groups is 1. The predicted molar refractivity (Wildman–Crippen MR) is 96.9 cm³/mol. The fourth-order valence-corrected chi connectivity index (χ4v) is 2.17. The Morgan fingerprint density at radius 3 is 2.48 bits per heavy atom. The molecule has 2 aromatic rings. The lowest BCUT2D eigenvalue weighted by Crippen LogP contribution is -2.37. The molecule has 0 unspecified atom stereocenters. The summed E-state index contributed by atoms with van der Waals surface area (Å²) >= 11 is 0. The molecule has 0 aliphatic heterocycles. The molecule has 0 aliphatic carbocycles. The molecule has 0 bridgehead atoms. The van der Waals surface area contributed by atoms with Gasteiger partial charge in [-0.15, -0.1) is 0 Å². The summed E-state index contributed by atoms with van der Waals surface area (Å²) < 4.78 is 0. The zero-order valence-corrected chi connectivity index (χ0v) is 14.1. The fraction of sp³-hybridized carbons (Fsp3) is 0.333. The van der Waals surface area contributed by atoms with Gasteiger partial charge in [-0.25, -0.2) is 0 Å². The molecule has 1 aromatic carbocycles. The highest BCUT2D eigenvalue weighted by Crippen LogP contribution is 2.11. The van der Waals surface area contributed by atoms with E-state index in [1.54, 1.807) is 7.05 Å². The van der Waals surface area contributed by atoms with E-state index in [1.165, 1.54) is 11.3 Å². The summed E-state index contributed by atoms with van der Waals surface area (Å²) in [6.07, 6.45) is 2.69. The Morgan fingerprint density at radius 2 is 1.87 bits per heavy atom. The van der Waals surface area contributed by atoms with Gasteiger partial charge < -0.3 is 15.5 Å². The summed E-state index contributed by atoms with van der Waals surface area (Å²) in [5, 5.41) is 6.63. The molecular formula is C18H25N5. The number of nitrogens with one attached hydrogen (secondary N) is 2. The lowest BCUT2D eigenvalue weighted by atomic mass is 10.2. The van der Waals surface area contributed by atoms with Gasteiger partial charge in [-0.05, 0) is 29.8 Å². The maximum Gasteiger partial charge on any atom is 0.191 e. The molecule has 0 radical (unpaired) electrons. The van der Waals surface area contributed by atoms with Crippen molar-refractivity contribution in [2.24, 2.45) is 4.99 Å². The van der Waals surface area contributed by atoms with Gasteiger partial charge in [-0.1, -0.05) is 18.2 Å². The van der Waals surface area contributed by atoms with E-state index in [9.17, 15) is 0 Å². The van der Waals surface area contributed by atoms with Gasteiger partial charge in [0.2, 0.25) is 0 Å². The Bertz CT molecular complexity index is 605. The molecule has 1 heterocycles. The van der Waals surface area contributed by atoms with Gasteiger partial charge >= 0.3 is 0 Å². The molecule has 0 spiro atoms. The van der Waals surface area contributed by atoms with Crippen LogP contribution in [0.2, 0.25) is 0 Å². The lowest BCUT2D eigenvalue weighted by Gasteiger charge is -2.14. The molecule has 5 nitrogen and oxygen atoms in total. The average molecular weight is 311 g/mol. The summed E-state index contributed by atoms with van der Waals surface area (Å²) in [5.74, 6) is 0.803. The second kappa shape index (κ2) is 8.78. The van der Waals surface area contributed by atoms with Crippen molar-refractivity contribution in [2.45, 2.75) is 13.0 Å². The maximum absolute atomic E-state index is 4.31. The Hall–Kier alpha value is -2.56. The molecule has 2 N–H and O–H groups in total. The molecule has 0 fully saturated rings. The van der Waals surface area contributed by atoms with Crippen molar-refractivity contribution in [3.05, 3.63) is 59.9 Å². The van der Waals surface area contributed by atoms with Crippen LogP contribution in [0, 0.1) is 0 Å². The molecule has 0 atom stereocenters. The van der Waals surface area contributed by atoms with Crippen molar-refractivity contribution in [3.63, 3.8) is 0 Å². The predicted octanol–water partition coefficient (Wildman–Crippen LogP) is 2.06. The molecule has 0 amide bonds. The molecule has 2 rings (SSSR count). The van der Waals surface area contributed by atoms with Crippen molar-refractivity contribution in [1.82, 2.24) is 15.6 Å². The van der Waals surface area contributed by atoms with Crippen molar-refractivity contribution in [3.8, 4) is 0 Å². The van der Waals surface area contributed by atoms with Gasteiger partial charge in [-0.2, -0.15) is 0 Å². The third kappa shape index (κ3) is 5.62. The highest BCUT2D eigenvalue weighted by atomic mass is 15.2. The van der Waals surface area contributed by atoms with Gasteiger partial charge in [-0.3, -0.25) is 9.98 Å². The van der Waals surface area contributed by atoms with Gasteiger partial charge in [0.15, 0.2) is 5.96 Å². The Balaban J connectivity index is 1.76. The van der Waals surface area contributed by atoms with E-state index in [1.807, 2.05) is 38.5 Å². The number of nitrogens with zero attached hydrogens (tertiary/aromatic N) is 3. The number of anilines is 1. The van der Waals surface area contributed by atoms with Crippen LogP contribution in [-0.4, -0.2) is 38.6 Å². The second-order valence-electron chi connectivity index (χ2n) is 5.48. The third-order valence-corrected chi connectivity index (χ3v) is 3.54. The Labute approximate surface area is 138 Å². The average Bonchev–Trinajstić information content (AvgIpc) is 2.59. The minimum absolute atomic E-state index is 0.747. The van der Waals surface area contributed by atoms with E-state index in [4.69, 9.17) is 0 Å². The molecule has 23 heavy (non-hydrogen) atoms. The number of pyridine rings is 1. The van der Waals surface area contributed by atoms with Gasteiger partial charge in [0.25, 0.3) is 0 Å².